The van der Waals surface area contributed by atoms with Gasteiger partial charge in [-0.25, -0.2) is 18.1 Å². The molecule has 1 amide bonds. The summed E-state index contributed by atoms with van der Waals surface area (Å²) in [6.45, 7) is 0. The lowest BCUT2D eigenvalue weighted by molar-refractivity contribution is -0.116. The summed E-state index contributed by atoms with van der Waals surface area (Å²) in [6, 6.07) is 24.6. The van der Waals surface area contributed by atoms with E-state index in [0.29, 0.717) is 15.3 Å². The van der Waals surface area contributed by atoms with Gasteiger partial charge in [0.1, 0.15) is 0 Å². The maximum Gasteiger partial charge on any atom is 0.240 e. The molecule has 158 valence electrons. The van der Waals surface area contributed by atoms with Crippen molar-refractivity contribution in [3.63, 3.8) is 0 Å². The summed E-state index contributed by atoms with van der Waals surface area (Å²) in [4.78, 5) is 17.5. The predicted octanol–water partition coefficient (Wildman–Crippen LogP) is 4.37. The summed E-state index contributed by atoms with van der Waals surface area (Å²) >= 11 is 1.25. The summed E-state index contributed by atoms with van der Waals surface area (Å²) in [5, 5.41) is 3.32. The van der Waals surface area contributed by atoms with Crippen molar-refractivity contribution in [1.29, 1.82) is 0 Å². The van der Waals surface area contributed by atoms with Crippen molar-refractivity contribution in [1.82, 2.24) is 9.71 Å². The number of hydrogen-bond donors (Lipinski definition) is 2. The van der Waals surface area contributed by atoms with Crippen molar-refractivity contribution in [2.75, 3.05) is 12.4 Å². The third-order valence-electron chi connectivity index (χ3n) is 4.98. The number of sulfonamides is 1. The van der Waals surface area contributed by atoms with E-state index in [1.54, 1.807) is 12.1 Å². The smallest absolute Gasteiger partial charge is 0.240 e. The zero-order valence-electron chi connectivity index (χ0n) is 16.8. The van der Waals surface area contributed by atoms with Gasteiger partial charge in [0.05, 0.1) is 15.1 Å². The molecule has 0 spiro atoms. The van der Waals surface area contributed by atoms with Crippen LogP contribution in [0.25, 0.3) is 10.2 Å². The Balaban J connectivity index is 1.56. The lowest BCUT2D eigenvalue weighted by Crippen LogP contribution is -2.18. The summed E-state index contributed by atoms with van der Waals surface area (Å²) < 4.78 is 27.0. The van der Waals surface area contributed by atoms with Crippen molar-refractivity contribution in [2.24, 2.45) is 0 Å². The Bertz CT molecular complexity index is 1260. The van der Waals surface area contributed by atoms with Crippen LogP contribution in [0.4, 0.5) is 5.13 Å². The third-order valence-corrected chi connectivity index (χ3v) is 7.32. The molecule has 0 fully saturated rings. The molecule has 0 aliphatic carbocycles. The van der Waals surface area contributed by atoms with Gasteiger partial charge in [-0.15, -0.1) is 0 Å². The number of fused-ring (bicyclic) bond motifs is 1. The fourth-order valence-electron chi connectivity index (χ4n) is 3.40. The number of carbonyl (C=O) groups is 1. The highest BCUT2D eigenvalue weighted by Crippen LogP contribution is 2.31. The van der Waals surface area contributed by atoms with Crippen LogP contribution in [0.2, 0.25) is 0 Å². The van der Waals surface area contributed by atoms with Crippen LogP contribution in [0.1, 0.15) is 23.5 Å². The SMILES string of the molecule is CNS(=O)(=O)c1ccc2nc(NC(=O)CC(c3ccccc3)c3ccccc3)sc2c1. The Morgan fingerprint density at radius 3 is 2.16 bits per heavy atom. The zero-order valence-corrected chi connectivity index (χ0v) is 18.4. The van der Waals surface area contributed by atoms with E-state index in [-0.39, 0.29) is 23.1 Å². The van der Waals surface area contributed by atoms with E-state index in [1.165, 1.54) is 24.5 Å². The van der Waals surface area contributed by atoms with Gasteiger partial charge < -0.3 is 5.32 Å². The van der Waals surface area contributed by atoms with Crippen molar-refractivity contribution < 1.29 is 13.2 Å². The van der Waals surface area contributed by atoms with Gasteiger partial charge in [-0.05, 0) is 36.4 Å². The standard InChI is InChI=1S/C23H21N3O3S2/c1-24-31(28,29)18-12-13-20-21(14-18)30-23(25-20)26-22(27)15-19(16-8-4-2-5-9-16)17-10-6-3-7-11-17/h2-14,19,24H,15H2,1H3,(H,25,26,27). The van der Waals surface area contributed by atoms with Gasteiger partial charge in [0.2, 0.25) is 15.9 Å². The average Bonchev–Trinajstić information content (AvgIpc) is 3.20. The van der Waals surface area contributed by atoms with Crippen LogP contribution in [-0.4, -0.2) is 26.4 Å². The van der Waals surface area contributed by atoms with Gasteiger partial charge in [-0.1, -0.05) is 72.0 Å². The molecule has 31 heavy (non-hydrogen) atoms. The highest BCUT2D eigenvalue weighted by Gasteiger charge is 2.19. The number of nitrogens with zero attached hydrogens (tertiary/aromatic N) is 1. The molecule has 1 aromatic heterocycles. The molecular weight excluding hydrogens is 430 g/mol. The monoisotopic (exact) mass is 451 g/mol. The zero-order chi connectivity index (χ0) is 21.8. The number of rotatable bonds is 7. The minimum Gasteiger partial charge on any atom is -0.302 e. The molecule has 0 unspecified atom stereocenters. The molecule has 0 aliphatic rings. The summed E-state index contributed by atoms with van der Waals surface area (Å²) in [6.07, 6.45) is 0.267. The van der Waals surface area contributed by atoms with Crippen molar-refractivity contribution in [2.45, 2.75) is 17.2 Å². The average molecular weight is 452 g/mol. The number of hydrogen-bond acceptors (Lipinski definition) is 5. The van der Waals surface area contributed by atoms with E-state index in [1.807, 2.05) is 60.7 Å². The Morgan fingerprint density at radius 2 is 1.58 bits per heavy atom. The largest absolute Gasteiger partial charge is 0.302 e. The Kier molecular flexibility index (Phi) is 6.13. The molecule has 0 saturated heterocycles. The molecule has 0 aliphatic heterocycles. The number of thiazole rings is 1. The summed E-state index contributed by atoms with van der Waals surface area (Å²) in [5.74, 6) is -0.232. The van der Waals surface area contributed by atoms with Crippen LogP contribution in [0.3, 0.4) is 0 Å². The van der Waals surface area contributed by atoms with Gasteiger partial charge in [-0.3, -0.25) is 4.79 Å². The second kappa shape index (κ2) is 8.97. The van der Waals surface area contributed by atoms with Crippen molar-refractivity contribution in [3.05, 3.63) is 90.0 Å². The fraction of sp³-hybridized carbons (Fsp3) is 0.130. The highest BCUT2D eigenvalue weighted by atomic mass is 32.2. The number of amides is 1. The minimum atomic E-state index is -3.54. The van der Waals surface area contributed by atoms with Crippen molar-refractivity contribution >= 4 is 42.6 Å². The Hall–Kier alpha value is -3.07. The lowest BCUT2D eigenvalue weighted by atomic mass is 9.88. The lowest BCUT2D eigenvalue weighted by Gasteiger charge is -2.17. The number of benzene rings is 3. The van der Waals surface area contributed by atoms with E-state index < -0.39 is 10.0 Å². The van der Waals surface area contributed by atoms with E-state index in [0.717, 1.165) is 11.1 Å². The van der Waals surface area contributed by atoms with Gasteiger partial charge in [-0.2, -0.15) is 0 Å². The maximum atomic E-state index is 12.9. The van der Waals surface area contributed by atoms with Crippen LogP contribution in [0, 0.1) is 0 Å². The highest BCUT2D eigenvalue weighted by molar-refractivity contribution is 7.89. The van der Waals surface area contributed by atoms with E-state index in [9.17, 15) is 13.2 Å². The van der Waals surface area contributed by atoms with Crippen molar-refractivity contribution in [3.8, 4) is 0 Å². The maximum absolute atomic E-state index is 12.9. The van der Waals surface area contributed by atoms with Gasteiger partial charge in [0.25, 0.3) is 0 Å². The van der Waals surface area contributed by atoms with E-state index in [4.69, 9.17) is 0 Å². The summed E-state index contributed by atoms with van der Waals surface area (Å²) in [7, 11) is -2.17. The fourth-order valence-corrected chi connectivity index (χ4v) is 5.15. The molecule has 0 saturated carbocycles. The molecule has 6 nitrogen and oxygen atoms in total. The quantitative estimate of drug-likeness (QED) is 0.437. The first-order valence-corrected chi connectivity index (χ1v) is 12.0. The number of anilines is 1. The molecule has 0 radical (unpaired) electrons. The van der Waals surface area contributed by atoms with Gasteiger partial charge in [0.15, 0.2) is 5.13 Å². The van der Waals surface area contributed by atoms with Crippen LogP contribution < -0.4 is 10.0 Å². The molecule has 0 bridgehead atoms. The molecule has 4 aromatic rings. The Labute approximate surface area is 185 Å². The molecule has 2 N–H and O–H groups in total. The topological polar surface area (TPSA) is 88.2 Å². The molecule has 8 heteroatoms. The predicted molar refractivity (Wildman–Crippen MR) is 124 cm³/mol. The first-order chi connectivity index (χ1) is 15.0. The Morgan fingerprint density at radius 1 is 0.968 bits per heavy atom. The molecule has 0 atom stereocenters. The van der Waals surface area contributed by atoms with Crippen LogP contribution in [0.5, 0.6) is 0 Å². The first kappa shape index (κ1) is 21.2. The van der Waals surface area contributed by atoms with Crippen LogP contribution in [-0.2, 0) is 14.8 Å². The van der Waals surface area contributed by atoms with Crippen LogP contribution in [0.15, 0.2) is 83.8 Å². The number of nitrogens with one attached hydrogen (secondary N) is 2. The van der Waals surface area contributed by atoms with Crippen LogP contribution >= 0.6 is 11.3 Å². The second-order valence-electron chi connectivity index (χ2n) is 6.98. The van der Waals surface area contributed by atoms with Gasteiger partial charge >= 0.3 is 0 Å². The normalized spacial score (nSPS) is 11.7. The first-order valence-electron chi connectivity index (χ1n) is 9.70. The third kappa shape index (κ3) is 4.82. The molecule has 3 aromatic carbocycles. The minimum absolute atomic E-state index is 0.0795. The van der Waals surface area contributed by atoms with E-state index in [2.05, 4.69) is 15.0 Å². The number of carbonyl (C=O) groups excluding carboxylic acids is 1. The van der Waals surface area contributed by atoms with E-state index >= 15 is 0 Å². The number of aromatic nitrogens is 1. The van der Waals surface area contributed by atoms with Gasteiger partial charge in [0, 0.05) is 12.3 Å². The molecule has 4 rings (SSSR count). The second-order valence-corrected chi connectivity index (χ2v) is 9.90. The summed E-state index contributed by atoms with van der Waals surface area (Å²) in [5.41, 5.74) is 2.77. The molecule has 1 heterocycles. The molecular formula is C23H21N3O3S2.